The van der Waals surface area contributed by atoms with E-state index in [1.807, 2.05) is 24.3 Å². The molecule has 3 saturated heterocycles. The number of rotatable bonds is 17. The number of aromatic nitrogens is 1. The number of ether oxygens (including phenoxy) is 2. The van der Waals surface area contributed by atoms with Crippen LogP contribution in [0.2, 0.25) is 0 Å². The first-order valence-corrected chi connectivity index (χ1v) is 28.4. The number of phenolic OH excluding ortho intramolecular Hbond substituents is 1. The van der Waals surface area contributed by atoms with Crippen molar-refractivity contribution in [2.24, 2.45) is 23.5 Å². The third kappa shape index (κ3) is 15.9. The standard InChI is InChI=1S/C59H77N7O19/c1-5-6-7-20-84-37-16-12-32(13-17-37)46-25-40(64-85-46)31-8-10-33(11-9-31)54(77)61-35-15-18-38(30(3)67)58(81)65-28-36(68)23-41(65)55(78)62-49(53(76)52(75)34-14-19-42(69)47(21-34)83-4)44(71)24-39(43(70)26-48(60)73)59(82)66-27-29(2)51(74)50(66)57(80)63-56(79)45(72)22-35/h8-14,16-17,19,21,25,29-30,35-36,38-39,41,43,45,49-53,56,67-70,72,74-76,79H,5-7,15,18,20,22-24,26-28H2,1-4H3,(H2,60,73)(H,61,77)(H,62,78)(H,63,80)/t29-,30+,35+,36+,38-,39-,41-,43+,45+,49+,50-,51-,52-,53-,56+/m0/s1. The zero-order valence-electron chi connectivity index (χ0n) is 47.6. The van der Waals surface area contributed by atoms with E-state index in [1.165, 1.54) is 33.1 Å². The number of amides is 6. The molecule has 4 aromatic rings. The maximum atomic E-state index is 14.7. The molecule has 15 atom stereocenters. The van der Waals surface area contributed by atoms with E-state index in [-0.39, 0.29) is 35.5 Å². The Hall–Kier alpha value is -7.56. The van der Waals surface area contributed by atoms with Gasteiger partial charge in [0.2, 0.25) is 29.5 Å². The Labute approximate surface area is 489 Å². The van der Waals surface area contributed by atoms with Crippen molar-refractivity contribution >= 4 is 41.2 Å². The van der Waals surface area contributed by atoms with Crippen molar-refractivity contribution in [1.82, 2.24) is 30.9 Å². The number of fused-ring (bicyclic) bond motifs is 2. The maximum Gasteiger partial charge on any atom is 0.251 e. The number of primary amides is 1. The third-order valence-corrected chi connectivity index (χ3v) is 16.0. The van der Waals surface area contributed by atoms with Crippen LogP contribution in [0.1, 0.15) is 101 Å². The van der Waals surface area contributed by atoms with Gasteiger partial charge in [0, 0.05) is 60.6 Å². The highest BCUT2D eigenvalue weighted by Gasteiger charge is 2.50. The molecule has 85 heavy (non-hydrogen) atoms. The maximum absolute atomic E-state index is 14.7. The summed E-state index contributed by atoms with van der Waals surface area (Å²) in [5, 5.41) is 113. The molecule has 6 amide bonds. The molecule has 3 aliphatic rings. The van der Waals surface area contributed by atoms with Crippen LogP contribution in [0, 0.1) is 17.8 Å². The molecule has 4 heterocycles. The number of carbonyl (C=O) groups is 7. The van der Waals surface area contributed by atoms with Gasteiger partial charge in [0.05, 0.1) is 56.4 Å². The summed E-state index contributed by atoms with van der Waals surface area (Å²) in [4.78, 5) is 101. The molecule has 0 radical (unpaired) electrons. The number of phenols is 1. The molecule has 14 N–H and O–H groups in total. The van der Waals surface area contributed by atoms with Crippen molar-refractivity contribution < 1.29 is 93.5 Å². The second-order valence-corrected chi connectivity index (χ2v) is 22.3. The zero-order valence-corrected chi connectivity index (χ0v) is 47.6. The number of hydrogen-bond acceptors (Lipinski definition) is 20. The van der Waals surface area contributed by atoms with Crippen LogP contribution in [0.15, 0.2) is 77.3 Å². The fourth-order valence-electron chi connectivity index (χ4n) is 11.0. The van der Waals surface area contributed by atoms with Crippen molar-refractivity contribution in [2.75, 3.05) is 26.8 Å². The van der Waals surface area contributed by atoms with E-state index in [9.17, 15) is 79.5 Å². The monoisotopic (exact) mass is 1190 g/mol. The topological polar surface area (TPSA) is 415 Å². The van der Waals surface area contributed by atoms with E-state index in [4.69, 9.17) is 19.7 Å². The minimum atomic E-state index is -2.33. The lowest BCUT2D eigenvalue weighted by atomic mass is 9.86. The van der Waals surface area contributed by atoms with Gasteiger partial charge in [0.25, 0.3) is 5.91 Å². The minimum absolute atomic E-state index is 0.112. The van der Waals surface area contributed by atoms with Gasteiger partial charge in [0.1, 0.15) is 47.9 Å². The van der Waals surface area contributed by atoms with Gasteiger partial charge in [-0.25, -0.2) is 0 Å². The van der Waals surface area contributed by atoms with E-state index in [1.54, 1.807) is 18.2 Å². The van der Waals surface area contributed by atoms with Crippen molar-refractivity contribution in [3.05, 3.63) is 83.9 Å². The Balaban J connectivity index is 1.20. The molecule has 0 bridgehead atoms. The number of benzene rings is 3. The van der Waals surface area contributed by atoms with Crippen LogP contribution in [0.25, 0.3) is 22.6 Å². The summed E-state index contributed by atoms with van der Waals surface area (Å²) < 4.78 is 16.6. The van der Waals surface area contributed by atoms with Crippen LogP contribution < -0.4 is 31.2 Å². The van der Waals surface area contributed by atoms with Crippen molar-refractivity contribution in [2.45, 2.75) is 152 Å². The van der Waals surface area contributed by atoms with Crippen molar-refractivity contribution in [3.63, 3.8) is 0 Å². The largest absolute Gasteiger partial charge is 0.504 e. The van der Waals surface area contributed by atoms with Crippen molar-refractivity contribution in [1.29, 1.82) is 0 Å². The predicted octanol–water partition coefficient (Wildman–Crippen LogP) is -0.0728. The van der Waals surface area contributed by atoms with Gasteiger partial charge in [-0.15, -0.1) is 0 Å². The number of nitrogens with one attached hydrogen (secondary N) is 3. The molecule has 3 aliphatic heterocycles. The molecule has 0 spiro atoms. The number of hydrogen-bond donors (Lipinski definition) is 13. The first-order chi connectivity index (χ1) is 40.4. The molecule has 3 aromatic carbocycles. The Bertz CT molecular complexity index is 2980. The average Bonchev–Trinajstić information content (AvgIpc) is 2.85. The van der Waals surface area contributed by atoms with Gasteiger partial charge in [-0.05, 0) is 86.7 Å². The average molecular weight is 1190 g/mol. The molecular weight excluding hydrogens is 1110 g/mol. The van der Waals surface area contributed by atoms with Crippen molar-refractivity contribution in [3.8, 4) is 39.8 Å². The van der Waals surface area contributed by atoms with Gasteiger partial charge in [-0.1, -0.05) is 50.0 Å². The Morgan fingerprint density at radius 3 is 2.18 bits per heavy atom. The van der Waals surface area contributed by atoms with E-state index < -0.39 is 171 Å². The van der Waals surface area contributed by atoms with Gasteiger partial charge < -0.3 is 91.4 Å². The number of unbranched alkanes of at least 4 members (excludes halogenated alkanes) is 2. The number of aliphatic hydroxyl groups excluding tert-OH is 8. The van der Waals surface area contributed by atoms with E-state index in [2.05, 4.69) is 28.0 Å². The zero-order chi connectivity index (χ0) is 62.0. The fourth-order valence-corrected chi connectivity index (χ4v) is 11.0. The van der Waals surface area contributed by atoms with Crippen LogP contribution in [0.5, 0.6) is 17.2 Å². The Morgan fingerprint density at radius 1 is 0.835 bits per heavy atom. The number of Topliss-reactive ketones (excluding diaryl/α,β-unsaturated/α-hetero) is 1. The summed E-state index contributed by atoms with van der Waals surface area (Å²) in [6.07, 6.45) is -15.6. The van der Waals surface area contributed by atoms with Crippen LogP contribution in [-0.2, 0) is 28.8 Å². The lowest BCUT2D eigenvalue weighted by Gasteiger charge is -2.34. The summed E-state index contributed by atoms with van der Waals surface area (Å²) in [5.74, 6) is -11.3. The summed E-state index contributed by atoms with van der Waals surface area (Å²) >= 11 is 0. The molecule has 462 valence electrons. The van der Waals surface area contributed by atoms with Crippen LogP contribution in [0.4, 0.5) is 0 Å². The molecule has 3 fully saturated rings. The summed E-state index contributed by atoms with van der Waals surface area (Å²) in [5.41, 5.74) is 7.16. The molecule has 26 nitrogen and oxygen atoms in total. The summed E-state index contributed by atoms with van der Waals surface area (Å²) in [6, 6.07) is 11.8. The normalized spacial score (nSPS) is 27.1. The summed E-state index contributed by atoms with van der Waals surface area (Å²) in [7, 11) is 1.20. The van der Waals surface area contributed by atoms with Gasteiger partial charge in [0.15, 0.2) is 29.3 Å². The first-order valence-electron chi connectivity index (χ1n) is 28.4. The Kier molecular flexibility index (Phi) is 22.2. The molecule has 26 heteroatoms. The highest BCUT2D eigenvalue weighted by Crippen LogP contribution is 2.34. The fraction of sp³-hybridized carbons (Fsp3) is 0.525. The molecule has 0 unspecified atom stereocenters. The second-order valence-electron chi connectivity index (χ2n) is 22.3. The third-order valence-electron chi connectivity index (χ3n) is 16.0. The van der Waals surface area contributed by atoms with Gasteiger partial charge in [-0.3, -0.25) is 33.6 Å². The van der Waals surface area contributed by atoms with Crippen LogP contribution in [-0.4, -0.2) is 196 Å². The number of methoxy groups -OCH3 is 1. The highest BCUT2D eigenvalue weighted by molar-refractivity contribution is 5.97. The lowest BCUT2D eigenvalue weighted by molar-refractivity contribution is -0.151. The van der Waals surface area contributed by atoms with Gasteiger partial charge >= 0.3 is 0 Å². The molecule has 0 saturated carbocycles. The molecule has 1 aromatic heterocycles. The number of carbonyl (C=O) groups excluding carboxylic acids is 7. The van der Waals surface area contributed by atoms with Gasteiger partial charge in [-0.2, -0.15) is 0 Å². The second kappa shape index (κ2) is 29.0. The quantitative estimate of drug-likeness (QED) is 0.0615. The number of nitrogens with two attached hydrogens (primary N) is 1. The highest BCUT2D eigenvalue weighted by atomic mass is 16.5. The van der Waals surface area contributed by atoms with E-state index >= 15 is 0 Å². The molecule has 0 aliphatic carbocycles. The van der Waals surface area contributed by atoms with E-state index in [0.29, 0.717) is 29.4 Å². The number of nitrogens with zero attached hydrogens (tertiary/aromatic N) is 3. The SMILES string of the molecule is CCCCCOc1ccc(-c2cc(-c3ccc(C(=O)N[C@@H]4CC[C@@H]([C@@H](C)O)C(=O)N5C[C@H](O)C[C@H]5C(=O)N[C@@H]([C@H](O)[C@@H](O)c5ccc(O)c(OC)c5)C(=O)C[C@@H]([C@H](O)CC(N)=O)C(=O)N5C[C@H](C)[C@H](O)[C@H]5C(=O)N[C@H](O)[C@H](O)C4)cc3)no2)cc1. The Morgan fingerprint density at radius 2 is 1.52 bits per heavy atom. The molecule has 7 rings (SSSR count). The summed E-state index contributed by atoms with van der Waals surface area (Å²) in [6.45, 7) is 4.57. The number of aromatic hydroxyl groups is 1. The van der Waals surface area contributed by atoms with Crippen LogP contribution in [0.3, 0.4) is 0 Å². The first kappa shape index (κ1) is 65.0. The molecular formula is C59H77N7O19. The minimum Gasteiger partial charge on any atom is -0.504 e. The van der Waals surface area contributed by atoms with E-state index in [0.717, 1.165) is 52.8 Å². The number of aliphatic hydroxyl groups is 8. The predicted molar refractivity (Wildman–Crippen MR) is 300 cm³/mol. The smallest absolute Gasteiger partial charge is 0.251 e. The van der Waals surface area contributed by atoms with Crippen LogP contribution >= 0.6 is 0 Å². The lowest BCUT2D eigenvalue weighted by Crippen LogP contribution is -2.58. The number of ketones is 1.